The van der Waals surface area contributed by atoms with Crippen LogP contribution in [0.15, 0.2) is 60.7 Å². The van der Waals surface area contributed by atoms with Gasteiger partial charge in [0.2, 0.25) is 0 Å². The van der Waals surface area contributed by atoms with Crippen LogP contribution in [0.25, 0.3) is 22.4 Å². The second-order valence-corrected chi connectivity index (χ2v) is 8.42. The van der Waals surface area contributed by atoms with Crippen LogP contribution in [-0.2, 0) is 12.6 Å². The van der Waals surface area contributed by atoms with E-state index in [4.69, 9.17) is 9.72 Å². The Balaban J connectivity index is 1.79. The number of benzene rings is 3. The second-order valence-electron chi connectivity index (χ2n) is 8.42. The molecular formula is C26H26F3N3O. The summed E-state index contributed by atoms with van der Waals surface area (Å²) >= 11 is 0. The van der Waals surface area contributed by atoms with Crippen LogP contribution in [-0.4, -0.2) is 42.1 Å². The number of aromatic amines is 1. The molecule has 33 heavy (non-hydrogen) atoms. The van der Waals surface area contributed by atoms with Gasteiger partial charge >= 0.3 is 6.18 Å². The van der Waals surface area contributed by atoms with Crippen LogP contribution >= 0.6 is 0 Å². The van der Waals surface area contributed by atoms with E-state index in [2.05, 4.69) is 4.98 Å². The van der Waals surface area contributed by atoms with E-state index in [1.165, 1.54) is 12.1 Å². The summed E-state index contributed by atoms with van der Waals surface area (Å²) in [6.07, 6.45) is -4.33. The molecule has 0 unspecified atom stereocenters. The Morgan fingerprint density at radius 2 is 1.76 bits per heavy atom. The van der Waals surface area contributed by atoms with E-state index in [1.807, 2.05) is 56.3 Å². The van der Waals surface area contributed by atoms with E-state index in [0.717, 1.165) is 29.3 Å². The zero-order valence-corrected chi connectivity index (χ0v) is 18.8. The molecule has 172 valence electrons. The first kappa shape index (κ1) is 22.9. The maximum absolute atomic E-state index is 13.6. The van der Waals surface area contributed by atoms with Crippen molar-refractivity contribution in [3.05, 3.63) is 82.9 Å². The van der Waals surface area contributed by atoms with Crippen molar-refractivity contribution in [2.75, 3.05) is 27.2 Å². The van der Waals surface area contributed by atoms with Gasteiger partial charge in [-0.05, 0) is 50.3 Å². The number of hydrogen-bond acceptors (Lipinski definition) is 3. The highest BCUT2D eigenvalue weighted by Gasteiger charge is 2.33. The molecule has 4 rings (SSSR count). The van der Waals surface area contributed by atoms with Crippen molar-refractivity contribution in [2.45, 2.75) is 19.5 Å². The van der Waals surface area contributed by atoms with E-state index < -0.39 is 11.7 Å². The SMILES string of the molecule is Cc1cccc(-c2nc3c(Cc4ccccc4C(F)(F)F)cc(OCCN(C)C)cc3[nH]2)c1. The number of nitrogens with zero attached hydrogens (tertiary/aromatic N) is 2. The van der Waals surface area contributed by atoms with E-state index in [-0.39, 0.29) is 12.0 Å². The maximum atomic E-state index is 13.6. The third-order valence-corrected chi connectivity index (χ3v) is 5.44. The molecule has 0 spiro atoms. The summed E-state index contributed by atoms with van der Waals surface area (Å²) in [4.78, 5) is 10.1. The minimum Gasteiger partial charge on any atom is -0.492 e. The van der Waals surface area contributed by atoms with Crippen LogP contribution in [0.5, 0.6) is 5.75 Å². The number of nitrogens with one attached hydrogen (secondary N) is 1. The van der Waals surface area contributed by atoms with Gasteiger partial charge in [0, 0.05) is 24.6 Å². The van der Waals surface area contributed by atoms with Gasteiger partial charge in [-0.1, -0.05) is 42.0 Å². The fraction of sp³-hybridized carbons (Fsp3) is 0.269. The average molecular weight is 454 g/mol. The number of alkyl halides is 3. The summed E-state index contributed by atoms with van der Waals surface area (Å²) < 4.78 is 46.7. The molecular weight excluding hydrogens is 427 g/mol. The topological polar surface area (TPSA) is 41.1 Å². The van der Waals surface area contributed by atoms with E-state index in [0.29, 0.717) is 29.3 Å². The monoisotopic (exact) mass is 453 g/mol. The standard InChI is InChI=1S/C26H26F3N3O/c1-17-7-6-9-19(13-17)25-30-23-16-21(33-12-11-32(2)3)15-20(24(23)31-25)14-18-8-4-5-10-22(18)26(27,28)29/h4-10,13,15-16H,11-12,14H2,1-3H3,(H,30,31). The molecule has 1 aromatic heterocycles. The average Bonchev–Trinajstić information content (AvgIpc) is 3.18. The molecule has 0 fully saturated rings. The third kappa shape index (κ3) is 5.37. The molecule has 0 bridgehead atoms. The molecule has 4 aromatic rings. The number of aryl methyl sites for hydroxylation is 1. The van der Waals surface area contributed by atoms with Gasteiger partial charge in [-0.2, -0.15) is 13.2 Å². The summed E-state index contributed by atoms with van der Waals surface area (Å²) in [5.74, 6) is 1.27. The third-order valence-electron chi connectivity index (χ3n) is 5.44. The predicted octanol–water partition coefficient (Wildman–Crippen LogP) is 6.09. The molecule has 0 atom stereocenters. The van der Waals surface area contributed by atoms with Crippen LogP contribution in [0.4, 0.5) is 13.2 Å². The van der Waals surface area contributed by atoms with E-state index >= 15 is 0 Å². The molecule has 4 nitrogen and oxygen atoms in total. The molecule has 0 saturated carbocycles. The zero-order chi connectivity index (χ0) is 23.6. The Morgan fingerprint density at radius 1 is 0.970 bits per heavy atom. The van der Waals surface area contributed by atoms with Crippen molar-refractivity contribution in [3.63, 3.8) is 0 Å². The van der Waals surface area contributed by atoms with Gasteiger partial charge in [-0.25, -0.2) is 4.98 Å². The van der Waals surface area contributed by atoms with Crippen molar-refractivity contribution >= 4 is 11.0 Å². The highest BCUT2D eigenvalue weighted by atomic mass is 19.4. The number of ether oxygens (including phenoxy) is 1. The van der Waals surface area contributed by atoms with Crippen LogP contribution < -0.4 is 4.74 Å². The lowest BCUT2D eigenvalue weighted by molar-refractivity contribution is -0.138. The predicted molar refractivity (Wildman–Crippen MR) is 125 cm³/mol. The Bertz CT molecular complexity index is 1260. The quantitative estimate of drug-likeness (QED) is 0.368. The Morgan fingerprint density at radius 3 is 2.48 bits per heavy atom. The van der Waals surface area contributed by atoms with Crippen molar-refractivity contribution in [3.8, 4) is 17.1 Å². The fourth-order valence-electron chi connectivity index (χ4n) is 3.81. The maximum Gasteiger partial charge on any atom is 0.416 e. The summed E-state index contributed by atoms with van der Waals surface area (Å²) in [7, 11) is 3.91. The summed E-state index contributed by atoms with van der Waals surface area (Å²) in [5.41, 5.74) is 3.64. The molecule has 0 radical (unpaired) electrons. The van der Waals surface area contributed by atoms with Gasteiger partial charge in [0.05, 0.1) is 16.6 Å². The Labute approximate surface area is 191 Å². The molecule has 0 saturated heterocycles. The lowest BCUT2D eigenvalue weighted by Crippen LogP contribution is -2.19. The molecule has 0 aliphatic heterocycles. The first-order valence-corrected chi connectivity index (χ1v) is 10.7. The van der Waals surface area contributed by atoms with Crippen LogP contribution in [0, 0.1) is 6.92 Å². The second kappa shape index (κ2) is 9.27. The van der Waals surface area contributed by atoms with Crippen molar-refractivity contribution in [1.82, 2.24) is 14.9 Å². The number of imidazole rings is 1. The van der Waals surface area contributed by atoms with Gasteiger partial charge in [0.15, 0.2) is 0 Å². The molecule has 3 aromatic carbocycles. The molecule has 0 aliphatic rings. The number of H-pyrrole nitrogens is 1. The zero-order valence-electron chi connectivity index (χ0n) is 18.8. The minimum atomic E-state index is -4.42. The van der Waals surface area contributed by atoms with Crippen LogP contribution in [0.1, 0.15) is 22.3 Å². The largest absolute Gasteiger partial charge is 0.492 e. The number of hydrogen-bond donors (Lipinski definition) is 1. The number of likely N-dealkylation sites (N-methyl/N-ethyl adjacent to an activating group) is 1. The Hall–Kier alpha value is -3.32. The van der Waals surface area contributed by atoms with Gasteiger partial charge in [0.25, 0.3) is 0 Å². The lowest BCUT2D eigenvalue weighted by Gasteiger charge is -2.14. The van der Waals surface area contributed by atoms with Gasteiger partial charge in [-0.3, -0.25) is 0 Å². The first-order chi connectivity index (χ1) is 15.7. The number of halogens is 3. The number of rotatable bonds is 7. The van der Waals surface area contributed by atoms with Crippen molar-refractivity contribution in [1.29, 1.82) is 0 Å². The molecule has 7 heteroatoms. The summed E-state index contributed by atoms with van der Waals surface area (Å²) in [5, 5.41) is 0. The Kier molecular flexibility index (Phi) is 6.42. The van der Waals surface area contributed by atoms with Crippen LogP contribution in [0.3, 0.4) is 0 Å². The van der Waals surface area contributed by atoms with Crippen molar-refractivity contribution in [2.24, 2.45) is 0 Å². The minimum absolute atomic E-state index is 0.0924. The smallest absolute Gasteiger partial charge is 0.416 e. The molecule has 0 aliphatic carbocycles. The number of aromatic nitrogens is 2. The van der Waals surface area contributed by atoms with Gasteiger partial charge < -0.3 is 14.6 Å². The molecule has 1 heterocycles. The van der Waals surface area contributed by atoms with Gasteiger partial charge in [-0.15, -0.1) is 0 Å². The highest BCUT2D eigenvalue weighted by Crippen LogP contribution is 2.35. The molecule has 1 N–H and O–H groups in total. The van der Waals surface area contributed by atoms with Gasteiger partial charge in [0.1, 0.15) is 18.2 Å². The van der Waals surface area contributed by atoms with E-state index in [1.54, 1.807) is 12.1 Å². The van der Waals surface area contributed by atoms with Crippen LogP contribution in [0.2, 0.25) is 0 Å². The fourth-order valence-corrected chi connectivity index (χ4v) is 3.81. The number of fused-ring (bicyclic) bond motifs is 1. The highest BCUT2D eigenvalue weighted by molar-refractivity contribution is 5.84. The summed E-state index contributed by atoms with van der Waals surface area (Å²) in [6, 6.07) is 17.3. The summed E-state index contributed by atoms with van der Waals surface area (Å²) in [6.45, 7) is 3.19. The normalized spacial score (nSPS) is 12.0. The van der Waals surface area contributed by atoms with E-state index in [9.17, 15) is 13.2 Å². The first-order valence-electron chi connectivity index (χ1n) is 10.7. The van der Waals surface area contributed by atoms with Crippen molar-refractivity contribution < 1.29 is 17.9 Å². The lowest BCUT2D eigenvalue weighted by atomic mass is 9.98. The molecule has 0 amide bonds.